The van der Waals surface area contributed by atoms with Gasteiger partial charge in [0, 0.05) is 25.7 Å². The normalized spacial score (nSPS) is 30.0. The molecule has 3 heteroatoms. The second-order valence-electron chi connectivity index (χ2n) is 4.96. The van der Waals surface area contributed by atoms with Gasteiger partial charge in [-0.25, -0.2) is 0 Å². The van der Waals surface area contributed by atoms with Gasteiger partial charge in [-0.1, -0.05) is 0 Å². The lowest BCUT2D eigenvalue weighted by molar-refractivity contribution is 0.0209. The Hall–Kier alpha value is -0.120. The number of likely N-dealkylation sites (tertiary alicyclic amines) is 2. The molecule has 0 saturated carbocycles. The highest BCUT2D eigenvalue weighted by atomic mass is 15.2. The Labute approximate surface area is 87.2 Å². The zero-order valence-corrected chi connectivity index (χ0v) is 9.28. The van der Waals surface area contributed by atoms with E-state index in [-0.39, 0.29) is 0 Å². The number of nitrogens with zero attached hydrogens (tertiary/aromatic N) is 2. The van der Waals surface area contributed by atoms with E-state index < -0.39 is 0 Å². The fraction of sp³-hybridized carbons (Fsp3) is 1.00. The summed E-state index contributed by atoms with van der Waals surface area (Å²) in [7, 11) is 2.21. The third-order valence-electron chi connectivity index (χ3n) is 3.64. The fourth-order valence-electron chi connectivity index (χ4n) is 2.69. The van der Waals surface area contributed by atoms with Crippen molar-refractivity contribution in [2.24, 2.45) is 11.7 Å². The van der Waals surface area contributed by atoms with E-state index in [9.17, 15) is 0 Å². The number of nitrogens with two attached hydrogens (primary N) is 1. The van der Waals surface area contributed by atoms with E-state index in [0.717, 1.165) is 18.5 Å². The van der Waals surface area contributed by atoms with Crippen molar-refractivity contribution in [2.45, 2.75) is 25.3 Å². The molecule has 2 fully saturated rings. The van der Waals surface area contributed by atoms with Gasteiger partial charge in [0.2, 0.25) is 0 Å². The van der Waals surface area contributed by atoms with Crippen molar-refractivity contribution in [1.29, 1.82) is 0 Å². The summed E-state index contributed by atoms with van der Waals surface area (Å²) in [5.74, 6) is 0.945. The molecule has 2 rings (SSSR count). The maximum atomic E-state index is 5.53. The summed E-state index contributed by atoms with van der Waals surface area (Å²) < 4.78 is 0. The Bertz CT molecular complexity index is 177. The molecule has 0 spiro atoms. The van der Waals surface area contributed by atoms with E-state index in [1.165, 1.54) is 45.4 Å². The third kappa shape index (κ3) is 2.27. The van der Waals surface area contributed by atoms with Crippen molar-refractivity contribution in [1.82, 2.24) is 9.80 Å². The van der Waals surface area contributed by atoms with Crippen LogP contribution in [0.5, 0.6) is 0 Å². The molecule has 2 aliphatic rings. The quantitative estimate of drug-likeness (QED) is 0.691. The molecule has 0 amide bonds. The molecule has 0 aromatic rings. The molecule has 2 aliphatic heterocycles. The molecule has 3 nitrogen and oxygen atoms in total. The average molecular weight is 197 g/mol. The smallest absolute Gasteiger partial charge is 0.0108 e. The molecule has 2 N–H and O–H groups in total. The maximum absolute atomic E-state index is 5.53. The van der Waals surface area contributed by atoms with Gasteiger partial charge in [-0.15, -0.1) is 0 Å². The van der Waals surface area contributed by atoms with E-state index in [2.05, 4.69) is 16.8 Å². The summed E-state index contributed by atoms with van der Waals surface area (Å²) >= 11 is 0. The van der Waals surface area contributed by atoms with Crippen LogP contribution in [0.1, 0.15) is 19.3 Å². The molecule has 2 saturated heterocycles. The van der Waals surface area contributed by atoms with E-state index in [1.54, 1.807) is 0 Å². The minimum absolute atomic E-state index is 0.858. The minimum Gasteiger partial charge on any atom is -0.330 e. The Morgan fingerprint density at radius 1 is 1.36 bits per heavy atom. The van der Waals surface area contributed by atoms with Crippen molar-refractivity contribution in [3.05, 3.63) is 0 Å². The maximum Gasteiger partial charge on any atom is 0.0108 e. The third-order valence-corrected chi connectivity index (χ3v) is 3.64. The zero-order valence-electron chi connectivity index (χ0n) is 9.28. The molecule has 0 bridgehead atoms. The highest BCUT2D eigenvalue weighted by Gasteiger charge is 2.32. The minimum atomic E-state index is 0.858. The highest BCUT2D eigenvalue weighted by molar-refractivity contribution is 4.88. The van der Waals surface area contributed by atoms with Crippen LogP contribution in [-0.4, -0.2) is 55.6 Å². The summed E-state index contributed by atoms with van der Waals surface area (Å²) in [6, 6.07) is 0.865. The van der Waals surface area contributed by atoms with Crippen molar-refractivity contribution >= 4 is 0 Å². The molecule has 14 heavy (non-hydrogen) atoms. The molecule has 0 aromatic heterocycles. The Kier molecular flexibility index (Phi) is 3.42. The molecule has 1 unspecified atom stereocenters. The van der Waals surface area contributed by atoms with Crippen molar-refractivity contribution in [3.63, 3.8) is 0 Å². The summed E-state index contributed by atoms with van der Waals surface area (Å²) in [4.78, 5) is 5.06. The van der Waals surface area contributed by atoms with Gasteiger partial charge < -0.3 is 10.6 Å². The van der Waals surface area contributed by atoms with E-state index in [1.807, 2.05) is 0 Å². The zero-order chi connectivity index (χ0) is 9.97. The van der Waals surface area contributed by atoms with Crippen LogP contribution in [0.3, 0.4) is 0 Å². The van der Waals surface area contributed by atoms with Gasteiger partial charge in [-0.05, 0) is 45.3 Å². The standard InChI is InChI=1S/C11H23N3/c1-13-7-10(8-13)9-14-6-4-11(14)3-2-5-12/h10-11H,2-9,12H2,1H3. The molecule has 0 radical (unpaired) electrons. The molecule has 0 aromatic carbocycles. The fourth-order valence-corrected chi connectivity index (χ4v) is 2.69. The van der Waals surface area contributed by atoms with Gasteiger partial charge in [0.05, 0.1) is 0 Å². The second-order valence-corrected chi connectivity index (χ2v) is 4.96. The second kappa shape index (κ2) is 4.60. The molecular formula is C11H23N3. The van der Waals surface area contributed by atoms with Gasteiger partial charge in [-0.2, -0.15) is 0 Å². The van der Waals surface area contributed by atoms with E-state index >= 15 is 0 Å². The SMILES string of the molecule is CN1CC(CN2CCC2CCCN)C1. The van der Waals surface area contributed by atoms with E-state index in [0.29, 0.717) is 0 Å². The van der Waals surface area contributed by atoms with Crippen LogP contribution in [0.25, 0.3) is 0 Å². The Morgan fingerprint density at radius 3 is 2.64 bits per heavy atom. The van der Waals surface area contributed by atoms with Crippen molar-refractivity contribution < 1.29 is 0 Å². The predicted molar refractivity (Wildman–Crippen MR) is 59.3 cm³/mol. The number of hydrogen-bond donors (Lipinski definition) is 1. The predicted octanol–water partition coefficient (Wildman–Crippen LogP) is 0.361. The molecule has 0 aliphatic carbocycles. The average Bonchev–Trinajstić information content (AvgIpc) is 2.09. The Morgan fingerprint density at radius 2 is 2.14 bits per heavy atom. The Balaban J connectivity index is 1.61. The van der Waals surface area contributed by atoms with Crippen LogP contribution in [0, 0.1) is 5.92 Å². The summed E-state index contributed by atoms with van der Waals surface area (Å²) in [6.07, 6.45) is 3.92. The summed E-state index contributed by atoms with van der Waals surface area (Å²) in [5.41, 5.74) is 5.53. The molecular weight excluding hydrogens is 174 g/mol. The van der Waals surface area contributed by atoms with Gasteiger partial charge in [0.1, 0.15) is 0 Å². The van der Waals surface area contributed by atoms with Crippen LogP contribution >= 0.6 is 0 Å². The molecule has 82 valence electrons. The van der Waals surface area contributed by atoms with Gasteiger partial charge >= 0.3 is 0 Å². The molecule has 1 atom stereocenters. The lowest BCUT2D eigenvalue weighted by atomic mass is 9.93. The van der Waals surface area contributed by atoms with Crippen LogP contribution in [-0.2, 0) is 0 Å². The first-order valence-corrected chi connectivity index (χ1v) is 5.92. The molecule has 2 heterocycles. The van der Waals surface area contributed by atoms with Gasteiger partial charge in [0.15, 0.2) is 0 Å². The number of rotatable bonds is 5. The summed E-state index contributed by atoms with van der Waals surface area (Å²) in [5, 5.41) is 0. The summed E-state index contributed by atoms with van der Waals surface area (Å²) in [6.45, 7) is 6.13. The van der Waals surface area contributed by atoms with Gasteiger partial charge in [-0.3, -0.25) is 4.90 Å². The van der Waals surface area contributed by atoms with Crippen LogP contribution in [0.2, 0.25) is 0 Å². The van der Waals surface area contributed by atoms with E-state index in [4.69, 9.17) is 5.73 Å². The van der Waals surface area contributed by atoms with Crippen molar-refractivity contribution in [2.75, 3.05) is 39.8 Å². The van der Waals surface area contributed by atoms with Crippen molar-refractivity contribution in [3.8, 4) is 0 Å². The number of hydrogen-bond acceptors (Lipinski definition) is 3. The first kappa shape index (κ1) is 10.4. The van der Waals surface area contributed by atoms with Crippen LogP contribution < -0.4 is 5.73 Å². The largest absolute Gasteiger partial charge is 0.330 e. The van der Waals surface area contributed by atoms with Crippen LogP contribution in [0.4, 0.5) is 0 Å². The first-order chi connectivity index (χ1) is 6.79. The topological polar surface area (TPSA) is 32.5 Å². The van der Waals surface area contributed by atoms with Gasteiger partial charge in [0.25, 0.3) is 0 Å². The van der Waals surface area contributed by atoms with Crippen LogP contribution in [0.15, 0.2) is 0 Å². The lowest BCUT2D eigenvalue weighted by Gasteiger charge is -2.47. The lowest BCUT2D eigenvalue weighted by Crippen LogP contribution is -2.55. The highest BCUT2D eigenvalue weighted by Crippen LogP contribution is 2.25. The monoisotopic (exact) mass is 197 g/mol. The first-order valence-electron chi connectivity index (χ1n) is 5.92.